The van der Waals surface area contributed by atoms with Crippen LogP contribution in [0.15, 0.2) is 60.8 Å². The lowest BCUT2D eigenvalue weighted by Crippen LogP contribution is -2.47. The Morgan fingerprint density at radius 2 is 1.69 bits per heavy atom. The number of hydrogen-bond acceptors (Lipinski definition) is 2. The fourth-order valence-corrected chi connectivity index (χ4v) is 4.60. The molecule has 2 aliphatic carbocycles. The van der Waals surface area contributed by atoms with Crippen LogP contribution in [-0.4, -0.2) is 45.7 Å². The second-order valence-electron chi connectivity index (χ2n) is 9.24. The number of fused-ring (bicyclic) bond motifs is 1. The Balaban J connectivity index is 1.31. The van der Waals surface area contributed by atoms with Gasteiger partial charge in [-0.15, -0.1) is 0 Å². The predicted molar refractivity (Wildman–Crippen MR) is 126 cm³/mol. The zero-order valence-corrected chi connectivity index (χ0v) is 18.5. The maximum Gasteiger partial charge on any atom is 0.242 e. The van der Waals surface area contributed by atoms with Crippen LogP contribution in [0.3, 0.4) is 0 Å². The number of carbonyl (C=O) groups is 2. The van der Waals surface area contributed by atoms with E-state index >= 15 is 0 Å². The van der Waals surface area contributed by atoms with Crippen molar-refractivity contribution in [3.05, 3.63) is 71.9 Å². The molecule has 0 spiro atoms. The minimum Gasteiger partial charge on any atom is -0.361 e. The molecule has 1 aromatic heterocycles. The molecule has 2 fully saturated rings. The van der Waals surface area contributed by atoms with Crippen LogP contribution >= 0.6 is 0 Å². The molecule has 1 heterocycles. The smallest absolute Gasteiger partial charge is 0.242 e. The molecular formula is C27H31N3O2. The minimum absolute atomic E-state index is 0.0493. The summed E-state index contributed by atoms with van der Waals surface area (Å²) in [6.07, 6.45) is 7.97. The molecule has 32 heavy (non-hydrogen) atoms. The van der Waals surface area contributed by atoms with Crippen LogP contribution in [0.4, 0.5) is 0 Å². The molecule has 0 unspecified atom stereocenters. The Morgan fingerprint density at radius 1 is 0.938 bits per heavy atom. The maximum atomic E-state index is 13.5. The number of nitrogens with one attached hydrogen (secondary N) is 1. The zero-order chi connectivity index (χ0) is 21.9. The summed E-state index contributed by atoms with van der Waals surface area (Å²) in [6, 6.07) is 18.7. The van der Waals surface area contributed by atoms with Gasteiger partial charge in [0.25, 0.3) is 0 Å². The van der Waals surface area contributed by atoms with E-state index in [1.165, 1.54) is 10.9 Å². The van der Waals surface area contributed by atoms with Crippen LogP contribution < -0.4 is 0 Å². The van der Waals surface area contributed by atoms with Gasteiger partial charge in [0.2, 0.25) is 11.8 Å². The van der Waals surface area contributed by atoms with Crippen molar-refractivity contribution in [2.75, 3.05) is 13.1 Å². The number of amides is 2. The Labute approximate surface area is 189 Å². The molecule has 3 aromatic rings. The van der Waals surface area contributed by atoms with Gasteiger partial charge in [0.05, 0.1) is 0 Å². The van der Waals surface area contributed by atoms with Gasteiger partial charge in [-0.3, -0.25) is 9.59 Å². The normalized spacial score (nSPS) is 16.0. The molecule has 0 radical (unpaired) electrons. The third-order valence-corrected chi connectivity index (χ3v) is 6.93. The monoisotopic (exact) mass is 429 g/mol. The summed E-state index contributed by atoms with van der Waals surface area (Å²) in [5.41, 5.74) is 3.45. The Morgan fingerprint density at radius 3 is 2.41 bits per heavy atom. The SMILES string of the molecule is O=C(CN(C(=O)C1CCC1)C1CC1)N(CCc1c[nH]c2ccccc12)Cc1ccccc1. The average molecular weight is 430 g/mol. The largest absolute Gasteiger partial charge is 0.361 e. The molecule has 0 atom stereocenters. The van der Waals surface area contributed by atoms with Crippen molar-refractivity contribution in [1.29, 1.82) is 0 Å². The van der Waals surface area contributed by atoms with E-state index in [9.17, 15) is 9.59 Å². The highest BCUT2D eigenvalue weighted by atomic mass is 16.2. The Hall–Kier alpha value is -3.08. The lowest BCUT2D eigenvalue weighted by molar-refractivity contribution is -0.145. The van der Waals surface area contributed by atoms with Gasteiger partial charge in [0.1, 0.15) is 6.54 Å². The van der Waals surface area contributed by atoms with Gasteiger partial charge in [-0.05, 0) is 49.3 Å². The molecule has 0 aliphatic heterocycles. The van der Waals surface area contributed by atoms with E-state index in [1.54, 1.807) is 0 Å². The van der Waals surface area contributed by atoms with E-state index in [-0.39, 0.29) is 30.3 Å². The molecule has 1 N–H and O–H groups in total. The number of rotatable bonds is 9. The van der Waals surface area contributed by atoms with Crippen LogP contribution in [0, 0.1) is 5.92 Å². The molecule has 2 saturated carbocycles. The van der Waals surface area contributed by atoms with Gasteiger partial charge in [0, 0.05) is 42.1 Å². The van der Waals surface area contributed by atoms with Crippen molar-refractivity contribution in [3.8, 4) is 0 Å². The van der Waals surface area contributed by atoms with Crippen molar-refractivity contribution < 1.29 is 9.59 Å². The molecule has 166 valence electrons. The fourth-order valence-electron chi connectivity index (χ4n) is 4.60. The highest BCUT2D eigenvalue weighted by Gasteiger charge is 2.39. The number of carbonyl (C=O) groups excluding carboxylic acids is 2. The number of benzene rings is 2. The number of para-hydroxylation sites is 1. The number of hydrogen-bond donors (Lipinski definition) is 1. The van der Waals surface area contributed by atoms with E-state index in [4.69, 9.17) is 0 Å². The topological polar surface area (TPSA) is 56.4 Å². The van der Waals surface area contributed by atoms with Gasteiger partial charge in [-0.25, -0.2) is 0 Å². The van der Waals surface area contributed by atoms with Gasteiger partial charge in [-0.1, -0.05) is 55.0 Å². The van der Waals surface area contributed by atoms with E-state index < -0.39 is 0 Å². The third-order valence-electron chi connectivity index (χ3n) is 6.93. The highest BCUT2D eigenvalue weighted by Crippen LogP contribution is 2.34. The average Bonchev–Trinajstić information content (AvgIpc) is 3.54. The molecule has 2 amide bonds. The number of nitrogens with zero attached hydrogens (tertiary/aromatic N) is 2. The lowest BCUT2D eigenvalue weighted by atomic mass is 9.84. The number of H-pyrrole nitrogens is 1. The van der Waals surface area contributed by atoms with Gasteiger partial charge in [0.15, 0.2) is 0 Å². The first-order valence-corrected chi connectivity index (χ1v) is 11.9. The third kappa shape index (κ3) is 4.57. The Kier molecular flexibility index (Phi) is 5.97. The maximum absolute atomic E-state index is 13.5. The summed E-state index contributed by atoms with van der Waals surface area (Å²) in [6.45, 7) is 1.41. The second kappa shape index (κ2) is 9.19. The molecule has 5 nitrogen and oxygen atoms in total. The van der Waals surface area contributed by atoms with Crippen LogP contribution in [0.1, 0.15) is 43.2 Å². The first kappa shape index (κ1) is 20.8. The van der Waals surface area contributed by atoms with Crippen molar-refractivity contribution in [1.82, 2.24) is 14.8 Å². The first-order chi connectivity index (χ1) is 15.7. The minimum atomic E-state index is 0.0493. The van der Waals surface area contributed by atoms with Crippen molar-refractivity contribution in [2.45, 2.75) is 51.1 Å². The fraction of sp³-hybridized carbons (Fsp3) is 0.407. The molecule has 2 aliphatic rings. The van der Waals surface area contributed by atoms with Crippen LogP contribution in [0.2, 0.25) is 0 Å². The zero-order valence-electron chi connectivity index (χ0n) is 18.5. The molecule has 0 saturated heterocycles. The molecule has 5 rings (SSSR count). The molecule has 2 aromatic carbocycles. The van der Waals surface area contributed by atoms with Crippen LogP contribution in [0.25, 0.3) is 10.9 Å². The van der Waals surface area contributed by atoms with Crippen molar-refractivity contribution in [3.63, 3.8) is 0 Å². The van der Waals surface area contributed by atoms with Crippen LogP contribution in [-0.2, 0) is 22.6 Å². The van der Waals surface area contributed by atoms with Gasteiger partial charge >= 0.3 is 0 Å². The summed E-state index contributed by atoms with van der Waals surface area (Å²) in [7, 11) is 0. The Bertz CT molecular complexity index is 1080. The van der Waals surface area contributed by atoms with E-state index in [0.29, 0.717) is 13.1 Å². The predicted octanol–water partition coefficient (Wildman–Crippen LogP) is 4.53. The molecular weight excluding hydrogens is 398 g/mol. The summed E-state index contributed by atoms with van der Waals surface area (Å²) in [4.78, 5) is 33.6. The quantitative estimate of drug-likeness (QED) is 0.543. The standard InChI is InChI=1S/C27H31N3O2/c31-26(19-30(23-13-14-23)27(32)21-9-6-10-21)29(18-20-7-2-1-3-8-20)16-15-22-17-28-25-12-5-4-11-24(22)25/h1-5,7-8,11-12,17,21,23,28H,6,9-10,13-16,18-19H2. The van der Waals surface area contributed by atoms with Gasteiger partial charge < -0.3 is 14.8 Å². The van der Waals surface area contributed by atoms with Crippen molar-refractivity contribution in [2.24, 2.45) is 5.92 Å². The van der Waals surface area contributed by atoms with E-state index in [1.807, 2.05) is 46.3 Å². The summed E-state index contributed by atoms with van der Waals surface area (Å²) in [5.74, 6) is 0.383. The van der Waals surface area contributed by atoms with E-state index in [2.05, 4.69) is 29.2 Å². The summed E-state index contributed by atoms with van der Waals surface area (Å²) in [5, 5.41) is 1.21. The lowest BCUT2D eigenvalue weighted by Gasteiger charge is -2.33. The number of aromatic nitrogens is 1. The summed E-state index contributed by atoms with van der Waals surface area (Å²) >= 11 is 0. The highest BCUT2D eigenvalue weighted by molar-refractivity contribution is 5.87. The van der Waals surface area contributed by atoms with E-state index in [0.717, 1.165) is 49.6 Å². The van der Waals surface area contributed by atoms with Crippen molar-refractivity contribution >= 4 is 22.7 Å². The van der Waals surface area contributed by atoms with Crippen LogP contribution in [0.5, 0.6) is 0 Å². The first-order valence-electron chi connectivity index (χ1n) is 11.9. The molecule has 5 heteroatoms. The number of aromatic amines is 1. The van der Waals surface area contributed by atoms with Gasteiger partial charge in [-0.2, -0.15) is 0 Å². The molecule has 0 bridgehead atoms. The second-order valence-corrected chi connectivity index (χ2v) is 9.24. The summed E-state index contributed by atoms with van der Waals surface area (Å²) < 4.78 is 0.